The van der Waals surface area contributed by atoms with Gasteiger partial charge < -0.3 is 9.47 Å². The molecule has 0 bridgehead atoms. The number of hydrogen-bond donors (Lipinski definition) is 1. The second kappa shape index (κ2) is 9.28. The third-order valence-corrected chi connectivity index (χ3v) is 4.60. The number of hydrogen-bond acceptors (Lipinski definition) is 4. The minimum Gasteiger partial charge on any atom is -0.496 e. The molecule has 150 valence electrons. The fourth-order valence-corrected chi connectivity index (χ4v) is 2.90. The van der Waals surface area contributed by atoms with Gasteiger partial charge in [0.15, 0.2) is 0 Å². The zero-order valence-corrected chi connectivity index (χ0v) is 17.5. The first kappa shape index (κ1) is 20.5. The van der Waals surface area contributed by atoms with E-state index in [1.807, 2.05) is 60.7 Å². The van der Waals surface area contributed by atoms with Crippen molar-refractivity contribution in [1.29, 1.82) is 0 Å². The van der Waals surface area contributed by atoms with Crippen LogP contribution in [-0.4, -0.2) is 13.3 Å². The maximum atomic E-state index is 5.99. The fourth-order valence-electron chi connectivity index (χ4n) is 2.90. The highest BCUT2D eigenvalue weighted by Gasteiger charge is 2.13. The maximum Gasteiger partial charge on any atom is 0.125 e. The normalized spacial score (nSPS) is 11.4. The number of methoxy groups -OCH3 is 1. The first-order valence-corrected chi connectivity index (χ1v) is 9.70. The Bertz CT molecular complexity index is 943. The van der Waals surface area contributed by atoms with E-state index < -0.39 is 0 Å². The Labute approximate surface area is 173 Å². The van der Waals surface area contributed by atoms with E-state index in [0.717, 1.165) is 28.3 Å². The molecule has 0 spiro atoms. The van der Waals surface area contributed by atoms with Crippen LogP contribution in [0.15, 0.2) is 77.9 Å². The van der Waals surface area contributed by atoms with Gasteiger partial charge in [0.2, 0.25) is 0 Å². The van der Waals surface area contributed by atoms with Crippen LogP contribution in [0.1, 0.15) is 37.5 Å². The van der Waals surface area contributed by atoms with Crippen LogP contribution in [0.3, 0.4) is 0 Å². The summed E-state index contributed by atoms with van der Waals surface area (Å²) in [6, 6.07) is 24.0. The topological polar surface area (TPSA) is 42.8 Å². The van der Waals surface area contributed by atoms with Gasteiger partial charge in [-0.3, -0.25) is 5.43 Å². The molecule has 1 N–H and O–H groups in total. The molecular weight excluding hydrogens is 360 g/mol. The molecule has 0 saturated heterocycles. The van der Waals surface area contributed by atoms with Gasteiger partial charge in [0.1, 0.15) is 18.1 Å². The molecule has 0 aliphatic heterocycles. The van der Waals surface area contributed by atoms with Crippen LogP contribution in [0, 0.1) is 0 Å². The molecule has 0 heterocycles. The van der Waals surface area contributed by atoms with E-state index in [4.69, 9.17) is 9.47 Å². The molecular formula is C25H28N2O2. The number of anilines is 1. The molecule has 0 fully saturated rings. The Kier molecular flexibility index (Phi) is 6.55. The highest BCUT2D eigenvalue weighted by molar-refractivity contribution is 5.81. The van der Waals surface area contributed by atoms with E-state index in [2.05, 4.69) is 43.4 Å². The molecule has 0 unspecified atom stereocenters. The second-order valence-electron chi connectivity index (χ2n) is 7.87. The van der Waals surface area contributed by atoms with E-state index in [9.17, 15) is 0 Å². The summed E-state index contributed by atoms with van der Waals surface area (Å²) in [7, 11) is 1.67. The molecule has 0 atom stereocenters. The largest absolute Gasteiger partial charge is 0.496 e. The van der Waals surface area contributed by atoms with Crippen molar-refractivity contribution in [3.05, 3.63) is 89.5 Å². The van der Waals surface area contributed by atoms with Crippen molar-refractivity contribution in [2.75, 3.05) is 12.5 Å². The maximum absolute atomic E-state index is 5.99. The number of benzene rings is 3. The average Bonchev–Trinajstić information content (AvgIpc) is 2.73. The van der Waals surface area contributed by atoms with Crippen molar-refractivity contribution in [2.24, 2.45) is 5.10 Å². The number of para-hydroxylation sites is 1. The highest BCUT2D eigenvalue weighted by atomic mass is 16.5. The average molecular weight is 389 g/mol. The molecule has 3 aromatic carbocycles. The Balaban J connectivity index is 1.67. The Hall–Kier alpha value is -3.27. The molecule has 0 amide bonds. The van der Waals surface area contributed by atoms with Crippen molar-refractivity contribution in [3.8, 4) is 11.5 Å². The van der Waals surface area contributed by atoms with Gasteiger partial charge in [0.05, 0.1) is 19.0 Å². The van der Waals surface area contributed by atoms with Gasteiger partial charge in [-0.05, 0) is 59.0 Å². The summed E-state index contributed by atoms with van der Waals surface area (Å²) in [5.74, 6) is 1.63. The molecule has 0 aromatic heterocycles. The summed E-state index contributed by atoms with van der Waals surface area (Å²) in [6.07, 6.45) is 1.79. The third-order valence-electron chi connectivity index (χ3n) is 4.60. The zero-order chi connectivity index (χ0) is 20.7. The molecule has 0 saturated carbocycles. The van der Waals surface area contributed by atoms with Gasteiger partial charge in [-0.1, -0.05) is 51.1 Å². The minimum absolute atomic E-state index is 0.128. The van der Waals surface area contributed by atoms with Gasteiger partial charge in [-0.2, -0.15) is 5.10 Å². The van der Waals surface area contributed by atoms with Crippen molar-refractivity contribution in [1.82, 2.24) is 0 Å². The lowest BCUT2D eigenvalue weighted by atomic mass is 9.87. The molecule has 3 aromatic rings. The number of nitrogens with one attached hydrogen (secondary N) is 1. The van der Waals surface area contributed by atoms with Crippen LogP contribution in [0.5, 0.6) is 11.5 Å². The lowest BCUT2D eigenvalue weighted by Gasteiger charge is -2.19. The Morgan fingerprint density at radius 3 is 2.31 bits per heavy atom. The standard InChI is InChI=1S/C25H28N2O2/c1-25(2,3)21-11-13-23(14-12-21)29-18-20-16-19(10-15-24(20)28-4)17-26-27-22-8-6-5-7-9-22/h5-17,27H,18H2,1-4H3. The van der Waals surface area contributed by atoms with Crippen LogP contribution in [0.25, 0.3) is 0 Å². The van der Waals surface area contributed by atoms with Crippen LogP contribution in [-0.2, 0) is 12.0 Å². The van der Waals surface area contributed by atoms with Gasteiger partial charge >= 0.3 is 0 Å². The molecule has 29 heavy (non-hydrogen) atoms. The Morgan fingerprint density at radius 1 is 0.931 bits per heavy atom. The summed E-state index contributed by atoms with van der Waals surface area (Å²) in [5, 5.41) is 4.30. The second-order valence-corrected chi connectivity index (χ2v) is 7.87. The number of hydrazone groups is 1. The van der Waals surface area contributed by atoms with Gasteiger partial charge in [-0.15, -0.1) is 0 Å². The quantitative estimate of drug-likeness (QED) is 0.398. The Morgan fingerprint density at radius 2 is 1.66 bits per heavy atom. The SMILES string of the molecule is COc1ccc(C=NNc2ccccc2)cc1COc1ccc(C(C)(C)C)cc1. The molecule has 3 rings (SSSR count). The van der Waals surface area contributed by atoms with Crippen LogP contribution in [0.2, 0.25) is 0 Å². The predicted octanol–water partition coefficient (Wildman–Crippen LogP) is 6.02. The van der Waals surface area contributed by atoms with Gasteiger partial charge in [-0.25, -0.2) is 0 Å². The fraction of sp³-hybridized carbons (Fsp3) is 0.240. The summed E-state index contributed by atoms with van der Waals surface area (Å²) in [4.78, 5) is 0. The zero-order valence-electron chi connectivity index (χ0n) is 17.5. The highest BCUT2D eigenvalue weighted by Crippen LogP contribution is 2.26. The molecule has 4 nitrogen and oxygen atoms in total. The van der Waals surface area contributed by atoms with Crippen molar-refractivity contribution >= 4 is 11.9 Å². The summed E-state index contributed by atoms with van der Waals surface area (Å²) in [5.41, 5.74) is 7.32. The van der Waals surface area contributed by atoms with Crippen molar-refractivity contribution in [2.45, 2.75) is 32.8 Å². The van der Waals surface area contributed by atoms with Crippen LogP contribution in [0.4, 0.5) is 5.69 Å². The number of rotatable bonds is 7. The summed E-state index contributed by atoms with van der Waals surface area (Å²) < 4.78 is 11.5. The van der Waals surface area contributed by atoms with Crippen molar-refractivity contribution in [3.63, 3.8) is 0 Å². The van der Waals surface area contributed by atoms with E-state index >= 15 is 0 Å². The molecule has 0 aliphatic rings. The lowest BCUT2D eigenvalue weighted by molar-refractivity contribution is 0.296. The smallest absolute Gasteiger partial charge is 0.125 e. The summed E-state index contributed by atoms with van der Waals surface area (Å²) >= 11 is 0. The van der Waals surface area contributed by atoms with E-state index in [0.29, 0.717) is 6.61 Å². The first-order valence-electron chi connectivity index (χ1n) is 9.70. The van der Waals surface area contributed by atoms with Crippen molar-refractivity contribution < 1.29 is 9.47 Å². The third kappa shape index (κ3) is 5.85. The first-order chi connectivity index (χ1) is 14.0. The number of nitrogens with zero attached hydrogens (tertiary/aromatic N) is 1. The summed E-state index contributed by atoms with van der Waals surface area (Å²) in [6.45, 7) is 7.03. The predicted molar refractivity (Wildman–Crippen MR) is 120 cm³/mol. The lowest BCUT2D eigenvalue weighted by Crippen LogP contribution is -2.10. The molecule has 0 aliphatic carbocycles. The van der Waals surface area contributed by atoms with Crippen LogP contribution >= 0.6 is 0 Å². The van der Waals surface area contributed by atoms with Gasteiger partial charge in [0.25, 0.3) is 0 Å². The van der Waals surface area contributed by atoms with Gasteiger partial charge in [0, 0.05) is 5.56 Å². The van der Waals surface area contributed by atoms with E-state index in [1.165, 1.54) is 5.56 Å². The number of ether oxygens (including phenoxy) is 2. The van der Waals surface area contributed by atoms with E-state index in [-0.39, 0.29) is 5.41 Å². The minimum atomic E-state index is 0.128. The van der Waals surface area contributed by atoms with Crippen LogP contribution < -0.4 is 14.9 Å². The molecule has 0 radical (unpaired) electrons. The molecule has 4 heteroatoms. The van der Waals surface area contributed by atoms with E-state index in [1.54, 1.807) is 13.3 Å². The monoisotopic (exact) mass is 388 g/mol.